The molecule has 0 aromatic rings. The standard InChI is InChI=1S/C16H34N2O/c1-8-10-17-14(19)16(7,11-13(3)4)18-12-15(5,6)9-2/h13,18H,8-12H2,1-7H3,(H,17,19). The van der Waals surface area contributed by atoms with E-state index in [1.807, 2.05) is 6.92 Å². The van der Waals surface area contributed by atoms with Crippen molar-refractivity contribution in [2.24, 2.45) is 11.3 Å². The first-order chi connectivity index (χ1) is 8.67. The number of hydrogen-bond acceptors (Lipinski definition) is 2. The van der Waals surface area contributed by atoms with Crippen molar-refractivity contribution in [3.05, 3.63) is 0 Å². The van der Waals surface area contributed by atoms with Crippen LogP contribution >= 0.6 is 0 Å². The molecule has 0 heterocycles. The number of nitrogens with one attached hydrogen (secondary N) is 2. The van der Waals surface area contributed by atoms with Gasteiger partial charge in [-0.15, -0.1) is 0 Å². The molecule has 19 heavy (non-hydrogen) atoms. The van der Waals surface area contributed by atoms with Gasteiger partial charge in [0.25, 0.3) is 0 Å². The molecule has 0 fully saturated rings. The van der Waals surface area contributed by atoms with Gasteiger partial charge in [-0.25, -0.2) is 0 Å². The molecule has 1 amide bonds. The minimum absolute atomic E-state index is 0.134. The summed E-state index contributed by atoms with van der Waals surface area (Å²) in [6.07, 6.45) is 2.95. The molecule has 0 saturated heterocycles. The molecule has 2 N–H and O–H groups in total. The van der Waals surface area contributed by atoms with Crippen LogP contribution in [-0.2, 0) is 4.79 Å². The van der Waals surface area contributed by atoms with Gasteiger partial charge in [0.2, 0.25) is 5.91 Å². The summed E-state index contributed by atoms with van der Waals surface area (Å²) < 4.78 is 0. The van der Waals surface area contributed by atoms with Gasteiger partial charge in [-0.3, -0.25) is 4.79 Å². The Hall–Kier alpha value is -0.570. The number of hydrogen-bond donors (Lipinski definition) is 2. The average Bonchev–Trinajstić information content (AvgIpc) is 2.33. The van der Waals surface area contributed by atoms with E-state index in [2.05, 4.69) is 52.2 Å². The predicted octanol–water partition coefficient (Wildman–Crippen LogP) is 3.34. The highest BCUT2D eigenvalue weighted by Gasteiger charge is 2.34. The fraction of sp³-hybridized carbons (Fsp3) is 0.938. The second-order valence-corrected chi connectivity index (χ2v) is 7.06. The zero-order chi connectivity index (χ0) is 15.1. The summed E-state index contributed by atoms with van der Waals surface area (Å²) in [7, 11) is 0. The lowest BCUT2D eigenvalue weighted by molar-refractivity contribution is -0.127. The topological polar surface area (TPSA) is 41.1 Å². The van der Waals surface area contributed by atoms with E-state index in [9.17, 15) is 4.79 Å². The highest BCUT2D eigenvalue weighted by atomic mass is 16.2. The molecule has 3 nitrogen and oxygen atoms in total. The van der Waals surface area contributed by atoms with Crippen LogP contribution in [0.5, 0.6) is 0 Å². The van der Waals surface area contributed by atoms with Gasteiger partial charge < -0.3 is 10.6 Å². The summed E-state index contributed by atoms with van der Waals surface area (Å²) >= 11 is 0. The van der Waals surface area contributed by atoms with Crippen LogP contribution in [0.4, 0.5) is 0 Å². The normalized spacial score (nSPS) is 15.4. The molecule has 1 unspecified atom stereocenters. The Morgan fingerprint density at radius 3 is 2.16 bits per heavy atom. The maximum atomic E-state index is 12.4. The van der Waals surface area contributed by atoms with Crippen molar-refractivity contribution in [3.8, 4) is 0 Å². The van der Waals surface area contributed by atoms with Crippen molar-refractivity contribution in [3.63, 3.8) is 0 Å². The van der Waals surface area contributed by atoms with Crippen LogP contribution in [0, 0.1) is 11.3 Å². The van der Waals surface area contributed by atoms with Crippen molar-refractivity contribution in [1.29, 1.82) is 0 Å². The molecule has 0 radical (unpaired) electrons. The molecular weight excluding hydrogens is 236 g/mol. The third kappa shape index (κ3) is 6.95. The molecule has 0 saturated carbocycles. The SMILES string of the molecule is CCCNC(=O)C(C)(CC(C)C)NCC(C)(C)CC. The average molecular weight is 270 g/mol. The molecule has 114 valence electrons. The van der Waals surface area contributed by atoms with Gasteiger partial charge >= 0.3 is 0 Å². The van der Waals surface area contributed by atoms with Gasteiger partial charge in [0.15, 0.2) is 0 Å². The monoisotopic (exact) mass is 270 g/mol. The summed E-state index contributed by atoms with van der Waals surface area (Å²) in [6, 6.07) is 0. The lowest BCUT2D eigenvalue weighted by atomic mass is 9.85. The van der Waals surface area contributed by atoms with Crippen LogP contribution in [0.3, 0.4) is 0 Å². The maximum absolute atomic E-state index is 12.4. The van der Waals surface area contributed by atoms with Gasteiger partial charge in [0, 0.05) is 13.1 Å². The minimum atomic E-state index is -0.463. The van der Waals surface area contributed by atoms with Gasteiger partial charge in [-0.1, -0.05) is 41.5 Å². The largest absolute Gasteiger partial charge is 0.355 e. The van der Waals surface area contributed by atoms with E-state index in [1.165, 1.54) is 0 Å². The fourth-order valence-corrected chi connectivity index (χ4v) is 2.05. The third-order valence-electron chi connectivity index (χ3n) is 3.77. The van der Waals surface area contributed by atoms with E-state index >= 15 is 0 Å². The summed E-state index contributed by atoms with van der Waals surface area (Å²) in [6.45, 7) is 16.7. The van der Waals surface area contributed by atoms with Crippen LogP contribution in [0.1, 0.15) is 67.7 Å². The van der Waals surface area contributed by atoms with E-state index in [4.69, 9.17) is 0 Å². The van der Waals surface area contributed by atoms with E-state index in [0.717, 1.165) is 32.4 Å². The second kappa shape index (κ2) is 7.88. The Kier molecular flexibility index (Phi) is 7.65. The molecular formula is C16H34N2O. The molecule has 0 spiro atoms. The molecule has 1 atom stereocenters. The van der Waals surface area contributed by atoms with E-state index in [0.29, 0.717) is 5.92 Å². The Bertz CT molecular complexity index is 274. The Morgan fingerprint density at radius 2 is 1.74 bits per heavy atom. The molecule has 0 bridgehead atoms. The van der Waals surface area contributed by atoms with Crippen LogP contribution in [0.25, 0.3) is 0 Å². The lowest BCUT2D eigenvalue weighted by Crippen LogP contribution is -2.57. The quantitative estimate of drug-likeness (QED) is 0.674. The lowest BCUT2D eigenvalue weighted by Gasteiger charge is -2.35. The first kappa shape index (κ1) is 18.4. The van der Waals surface area contributed by atoms with Crippen molar-refractivity contribution < 1.29 is 4.79 Å². The predicted molar refractivity (Wildman–Crippen MR) is 83.2 cm³/mol. The highest BCUT2D eigenvalue weighted by Crippen LogP contribution is 2.22. The minimum Gasteiger partial charge on any atom is -0.355 e. The van der Waals surface area contributed by atoms with Gasteiger partial charge in [-0.2, -0.15) is 0 Å². The zero-order valence-electron chi connectivity index (χ0n) is 14.0. The Labute approximate surface area is 119 Å². The van der Waals surface area contributed by atoms with Gasteiger partial charge in [-0.05, 0) is 37.5 Å². The van der Waals surface area contributed by atoms with Gasteiger partial charge in [0.1, 0.15) is 0 Å². The molecule has 0 rings (SSSR count). The van der Waals surface area contributed by atoms with Crippen LogP contribution < -0.4 is 10.6 Å². The van der Waals surface area contributed by atoms with Crippen LogP contribution in [0.15, 0.2) is 0 Å². The zero-order valence-corrected chi connectivity index (χ0v) is 14.0. The highest BCUT2D eigenvalue weighted by molar-refractivity contribution is 5.85. The Balaban J connectivity index is 4.72. The summed E-state index contributed by atoms with van der Waals surface area (Å²) in [5.41, 5.74) is -0.237. The number of carbonyl (C=O) groups excluding carboxylic acids is 1. The van der Waals surface area contributed by atoms with E-state index in [-0.39, 0.29) is 11.3 Å². The third-order valence-corrected chi connectivity index (χ3v) is 3.77. The number of rotatable bonds is 9. The molecule has 0 aliphatic carbocycles. The Morgan fingerprint density at radius 1 is 1.16 bits per heavy atom. The maximum Gasteiger partial charge on any atom is 0.240 e. The molecule has 0 aromatic heterocycles. The number of amides is 1. The first-order valence-corrected chi connectivity index (χ1v) is 7.70. The number of carbonyl (C=O) groups is 1. The van der Waals surface area contributed by atoms with Crippen molar-refractivity contribution in [2.45, 2.75) is 73.3 Å². The first-order valence-electron chi connectivity index (χ1n) is 7.70. The molecule has 0 aliphatic rings. The second-order valence-electron chi connectivity index (χ2n) is 7.06. The summed E-state index contributed by atoms with van der Waals surface area (Å²) in [4.78, 5) is 12.4. The summed E-state index contributed by atoms with van der Waals surface area (Å²) in [5.74, 6) is 0.629. The van der Waals surface area contributed by atoms with Crippen LogP contribution in [0.2, 0.25) is 0 Å². The van der Waals surface area contributed by atoms with Crippen molar-refractivity contribution >= 4 is 5.91 Å². The fourth-order valence-electron chi connectivity index (χ4n) is 2.05. The molecule has 0 aliphatic heterocycles. The van der Waals surface area contributed by atoms with Crippen molar-refractivity contribution in [1.82, 2.24) is 10.6 Å². The van der Waals surface area contributed by atoms with E-state index in [1.54, 1.807) is 0 Å². The van der Waals surface area contributed by atoms with Crippen LogP contribution in [-0.4, -0.2) is 24.5 Å². The van der Waals surface area contributed by atoms with Gasteiger partial charge in [0.05, 0.1) is 5.54 Å². The molecule has 3 heteroatoms. The smallest absolute Gasteiger partial charge is 0.240 e. The van der Waals surface area contributed by atoms with E-state index < -0.39 is 5.54 Å². The molecule has 0 aromatic carbocycles. The van der Waals surface area contributed by atoms with Crippen molar-refractivity contribution in [2.75, 3.05) is 13.1 Å². The summed E-state index contributed by atoms with van der Waals surface area (Å²) in [5, 5.41) is 6.55.